The van der Waals surface area contributed by atoms with Gasteiger partial charge in [0.25, 0.3) is 11.8 Å². The summed E-state index contributed by atoms with van der Waals surface area (Å²) in [5.74, 6) is 0.140. The van der Waals surface area contributed by atoms with Gasteiger partial charge in [0.05, 0.1) is 34.7 Å². The molecule has 0 aliphatic carbocycles. The molecule has 1 unspecified atom stereocenters. The number of aromatic amines is 1. The maximum Gasteiger partial charge on any atom is 0.487 e. The fraction of sp³-hybridized carbons (Fsp3) is 0.362. The minimum atomic E-state index is -3.82. The number of aromatic nitrogens is 6. The van der Waals surface area contributed by atoms with Crippen LogP contribution < -0.4 is 29.9 Å². The molecule has 17 nitrogen and oxygen atoms in total. The second kappa shape index (κ2) is 24.3. The third-order valence-corrected chi connectivity index (χ3v) is 11.2. The number of nitrogens with one attached hydrogen (secondary N) is 3. The highest BCUT2D eigenvalue weighted by Gasteiger charge is 2.31. The van der Waals surface area contributed by atoms with Crippen molar-refractivity contribution >= 4 is 70.4 Å². The number of carbonyl (C=O) groups excluding carboxylic acids is 2. The van der Waals surface area contributed by atoms with Crippen LogP contribution in [0.25, 0.3) is 22.5 Å². The molecule has 0 radical (unpaired) electrons. The Bertz CT molecular complexity index is 2670. The number of halogens is 7. The summed E-state index contributed by atoms with van der Waals surface area (Å²) in [4.78, 5) is 38.8. The van der Waals surface area contributed by atoms with Crippen LogP contribution in [0.1, 0.15) is 73.9 Å². The highest BCUT2D eigenvalue weighted by atomic mass is 35.5. The van der Waals surface area contributed by atoms with Crippen molar-refractivity contribution in [3.05, 3.63) is 109 Å². The number of pyridine rings is 2. The molecule has 3 saturated heterocycles. The van der Waals surface area contributed by atoms with Crippen molar-refractivity contribution in [2.24, 2.45) is 0 Å². The Morgan fingerprint density at radius 3 is 1.66 bits per heavy atom. The van der Waals surface area contributed by atoms with Crippen LogP contribution in [0.2, 0.25) is 0 Å². The molecule has 4 aromatic heterocycles. The maximum absolute atomic E-state index is 13.1. The molecule has 24 heteroatoms. The fourth-order valence-electron chi connectivity index (χ4n) is 7.89. The van der Waals surface area contributed by atoms with Crippen LogP contribution in [0, 0.1) is 0 Å². The minimum Gasteiger partial charge on any atom is -0.420 e. The lowest BCUT2D eigenvalue weighted by Gasteiger charge is -2.26. The van der Waals surface area contributed by atoms with E-state index in [1.807, 2.05) is 20.5 Å². The summed E-state index contributed by atoms with van der Waals surface area (Å²) in [6.07, 6.45) is 9.25. The van der Waals surface area contributed by atoms with Crippen molar-refractivity contribution in [2.45, 2.75) is 76.5 Å². The standard InChI is InChI=1S/C25H26ClF2N5O4.C20H18ClF2N5O3.2CH4.ClH/c26-25(27,28)37-19-6-4-17(5-7-19)31-24(35)16-13-20(23(29-14-16)32-11-9-18(34)15-32)21-8-10-30-33(21)22-3-1-2-12-36-22;21-20(22,23)31-15-3-1-13(2-4-15)26-19(30)12-9-16(17-5-7-25-27-17)18(24-10-12)28-8-6-14(29)11-28;;;/h4-8,10,13-14,18,22,34H,1-3,9,11-12,15H2,(H,31,35);1-5,7,9-10,14,29H,6,8,11H2,(H,25,27)(H,26,30);2*1H4;1H/t18-,22?;14-;;;/m11.../s1. The van der Waals surface area contributed by atoms with Crippen molar-refractivity contribution in [1.82, 2.24) is 29.9 Å². The predicted octanol–water partition coefficient (Wildman–Crippen LogP) is 9.79. The first-order valence-corrected chi connectivity index (χ1v) is 22.2. The first-order valence-electron chi connectivity index (χ1n) is 21.4. The molecule has 2 amide bonds. The van der Waals surface area contributed by atoms with E-state index < -0.39 is 35.2 Å². The maximum atomic E-state index is 13.1. The molecule has 6 aromatic rings. The van der Waals surface area contributed by atoms with Crippen molar-refractivity contribution < 1.29 is 51.6 Å². The van der Waals surface area contributed by atoms with Gasteiger partial charge in [-0.25, -0.2) is 14.6 Å². The number of carbonyl (C=O) groups is 2. The van der Waals surface area contributed by atoms with Crippen LogP contribution in [0.4, 0.5) is 40.6 Å². The van der Waals surface area contributed by atoms with Gasteiger partial charge < -0.3 is 44.9 Å². The summed E-state index contributed by atoms with van der Waals surface area (Å²) in [6, 6.07) is 17.8. The van der Waals surface area contributed by atoms with Crippen LogP contribution in [0.5, 0.6) is 11.5 Å². The second-order valence-electron chi connectivity index (χ2n) is 16.0. The zero-order valence-electron chi connectivity index (χ0n) is 36.3. The number of amides is 2. The van der Waals surface area contributed by atoms with Gasteiger partial charge in [0.15, 0.2) is 6.23 Å². The second-order valence-corrected chi connectivity index (χ2v) is 16.9. The lowest BCUT2D eigenvalue weighted by atomic mass is 10.1. The van der Waals surface area contributed by atoms with Gasteiger partial charge in [0.1, 0.15) is 23.1 Å². The summed E-state index contributed by atoms with van der Waals surface area (Å²) >= 11 is 9.53. The predicted molar refractivity (Wildman–Crippen MR) is 264 cm³/mol. The summed E-state index contributed by atoms with van der Waals surface area (Å²) < 4.78 is 67.4. The van der Waals surface area contributed by atoms with Crippen molar-refractivity contribution in [3.63, 3.8) is 0 Å². The van der Waals surface area contributed by atoms with Crippen LogP contribution in [-0.4, -0.2) is 108 Å². The van der Waals surface area contributed by atoms with Gasteiger partial charge in [-0.3, -0.25) is 14.7 Å². The third-order valence-electron chi connectivity index (χ3n) is 11.0. The summed E-state index contributed by atoms with van der Waals surface area (Å²) in [5, 5.41) is 36.7. The molecule has 2 aromatic carbocycles. The molecule has 3 aliphatic heterocycles. The number of β-amino-alcohol motifs (C(OH)–C–C–N with tert-alkyl or cyclic N) is 2. The number of hydrogen-bond donors (Lipinski definition) is 5. The third kappa shape index (κ3) is 14.7. The molecule has 0 spiro atoms. The number of rotatable bonds is 13. The Hall–Kier alpha value is -6.23. The zero-order valence-corrected chi connectivity index (χ0v) is 38.6. The molecular weight excluding hydrogens is 999 g/mol. The molecule has 3 aliphatic rings. The topological polar surface area (TPSA) is 205 Å². The Balaban J connectivity index is 0.000000257. The number of nitrogens with zero attached hydrogens (tertiary/aromatic N) is 7. The smallest absolute Gasteiger partial charge is 0.420 e. The Kier molecular flexibility index (Phi) is 19.0. The first-order chi connectivity index (χ1) is 32.5. The van der Waals surface area contributed by atoms with Gasteiger partial charge in [-0.05, 0) is 105 Å². The minimum absolute atomic E-state index is 0. The molecule has 0 saturated carbocycles. The largest absolute Gasteiger partial charge is 0.487 e. The molecule has 3 atom stereocenters. The van der Waals surface area contributed by atoms with Crippen molar-refractivity contribution in [1.29, 1.82) is 0 Å². The molecule has 0 bridgehead atoms. The monoisotopic (exact) mass is 1050 g/mol. The van der Waals surface area contributed by atoms with E-state index in [2.05, 4.69) is 45.4 Å². The summed E-state index contributed by atoms with van der Waals surface area (Å²) in [5.41, 5.74) is -3.48. The van der Waals surface area contributed by atoms with E-state index in [9.17, 15) is 37.4 Å². The SMILES string of the molecule is C.C.Cl.O=C(Nc1ccc(OC(F)(F)Cl)cc1)c1cnc(N2CC[C@@H](O)C2)c(-c2ccn[nH]2)c1.O=C(Nc1ccc(OC(F)(F)Cl)cc1)c1cnc(N2CC[C@@H](O)C2)c(-c2ccnn2C2CCCCO2)c1. The van der Waals surface area contributed by atoms with Crippen LogP contribution in [-0.2, 0) is 4.74 Å². The fourth-order valence-corrected chi connectivity index (χ4v) is 8.07. The van der Waals surface area contributed by atoms with Gasteiger partial charge in [-0.1, -0.05) is 14.9 Å². The first kappa shape index (κ1) is 55.7. The van der Waals surface area contributed by atoms with Gasteiger partial charge >= 0.3 is 11.1 Å². The quantitative estimate of drug-likeness (QED) is 0.0540. The molecule has 7 heterocycles. The van der Waals surface area contributed by atoms with Gasteiger partial charge in [0, 0.05) is 103 Å². The zero-order chi connectivity index (χ0) is 48.0. The van der Waals surface area contributed by atoms with E-state index >= 15 is 0 Å². The summed E-state index contributed by atoms with van der Waals surface area (Å²) in [7, 11) is 0. The lowest BCUT2D eigenvalue weighted by molar-refractivity contribution is -0.0972. The Morgan fingerprint density at radius 2 is 1.23 bits per heavy atom. The number of hydrogen-bond acceptors (Lipinski definition) is 13. The van der Waals surface area contributed by atoms with E-state index in [1.165, 1.54) is 60.9 Å². The number of aliphatic hydroxyl groups excluding tert-OH is 2. The van der Waals surface area contributed by atoms with Gasteiger partial charge in [-0.2, -0.15) is 10.2 Å². The molecular formula is C47H53Cl3F4N10O7. The van der Waals surface area contributed by atoms with E-state index in [-0.39, 0.29) is 45.0 Å². The molecule has 5 N–H and O–H groups in total. The number of ether oxygens (including phenoxy) is 3. The number of alkyl halides is 6. The van der Waals surface area contributed by atoms with E-state index in [1.54, 1.807) is 30.6 Å². The van der Waals surface area contributed by atoms with Crippen LogP contribution >= 0.6 is 35.6 Å². The highest BCUT2D eigenvalue weighted by molar-refractivity contribution is 6.21. The van der Waals surface area contributed by atoms with E-state index in [0.29, 0.717) is 96.6 Å². The van der Waals surface area contributed by atoms with Gasteiger partial charge in [-0.15, -0.1) is 30.0 Å². The average Bonchev–Trinajstić information content (AvgIpc) is 4.16. The molecule has 382 valence electrons. The lowest BCUT2D eigenvalue weighted by Crippen LogP contribution is -2.25. The number of H-pyrrole nitrogens is 1. The molecule has 71 heavy (non-hydrogen) atoms. The number of aliphatic hydroxyl groups is 2. The summed E-state index contributed by atoms with van der Waals surface area (Å²) in [6.45, 7) is 2.83. The molecule has 3 fully saturated rings. The average molecular weight is 1050 g/mol. The van der Waals surface area contributed by atoms with Gasteiger partial charge in [0.2, 0.25) is 0 Å². The van der Waals surface area contributed by atoms with E-state index in [4.69, 9.17) is 27.9 Å². The Labute approximate surface area is 422 Å². The molecule has 9 rings (SSSR count). The van der Waals surface area contributed by atoms with E-state index in [0.717, 1.165) is 25.0 Å². The van der Waals surface area contributed by atoms with Crippen molar-refractivity contribution in [3.8, 4) is 34.0 Å². The number of anilines is 4. The van der Waals surface area contributed by atoms with Crippen LogP contribution in [0.15, 0.2) is 97.6 Å². The number of benzene rings is 2. The highest BCUT2D eigenvalue weighted by Crippen LogP contribution is 2.36. The van der Waals surface area contributed by atoms with Crippen LogP contribution in [0.3, 0.4) is 0 Å². The van der Waals surface area contributed by atoms with Crippen molar-refractivity contribution in [2.75, 3.05) is 53.2 Å². The normalized spacial score (nSPS) is 17.7. The Morgan fingerprint density at radius 1 is 0.718 bits per heavy atom.